The Balaban J connectivity index is 0.000000326. The summed E-state index contributed by atoms with van der Waals surface area (Å²) in [5.41, 5.74) is 5.07. The summed E-state index contributed by atoms with van der Waals surface area (Å²) in [6.07, 6.45) is 9.77. The number of ether oxygens (including phenoxy) is 1. The fourth-order valence-electron chi connectivity index (χ4n) is 2.93. The molecule has 0 bridgehead atoms. The number of nitrogens with zero attached hydrogens (tertiary/aromatic N) is 2. The van der Waals surface area contributed by atoms with Crippen LogP contribution in [0.3, 0.4) is 0 Å². The predicted molar refractivity (Wildman–Crippen MR) is 140 cm³/mol. The molecule has 0 atom stereocenters. The second kappa shape index (κ2) is 17.5. The fraction of sp³-hybridized carbons (Fsp3) is 0.296. The normalized spacial score (nSPS) is 9.32. The van der Waals surface area contributed by atoms with Crippen molar-refractivity contribution in [2.24, 2.45) is 0 Å². The molecule has 0 saturated heterocycles. The standard InChI is InChI=1S/C15H14NO.C10H12N2O2.C2H6.Tl/c1-3-6-12-8-9-14(17-11-4-2)15-13(12)7-5-10-16-15;1-2-10(14)12(11-8-13)9-6-4-3-5-7-9;1-2;/h1,5,7-10H,2,4,6,11H2;3-8H,2H2,1H3,(H,11,13);1-2H3;. The van der Waals surface area contributed by atoms with Crippen LogP contribution in [-0.2, 0) is 16.0 Å². The molecule has 1 N–H and O–H groups in total. The summed E-state index contributed by atoms with van der Waals surface area (Å²) < 4.78 is 7.10. The molecule has 6 nitrogen and oxygen atoms in total. The van der Waals surface area contributed by atoms with Crippen LogP contribution >= 0.6 is 0 Å². The van der Waals surface area contributed by atoms with Gasteiger partial charge >= 0.3 is 124 Å². The topological polar surface area (TPSA) is 71.5 Å². The second-order valence-corrected chi connectivity index (χ2v) is 8.90. The maximum atomic E-state index is 11.4. The number of nitrogens with one attached hydrogen (secondary N) is 1. The van der Waals surface area contributed by atoms with E-state index in [4.69, 9.17) is 11.2 Å². The van der Waals surface area contributed by atoms with Crippen molar-refractivity contribution < 1.29 is 14.3 Å². The zero-order valence-corrected chi connectivity index (χ0v) is 24.6. The molecular formula is C27H32N3O3Tl. The van der Waals surface area contributed by atoms with Crippen molar-refractivity contribution in [2.75, 3.05) is 11.6 Å². The summed E-state index contributed by atoms with van der Waals surface area (Å²) in [5, 5.41) is 2.33. The van der Waals surface area contributed by atoms with Gasteiger partial charge in [-0.15, -0.1) is 0 Å². The van der Waals surface area contributed by atoms with Gasteiger partial charge in [-0.3, -0.25) is 15.0 Å². The molecule has 1 heterocycles. The third-order valence-electron chi connectivity index (χ3n) is 4.47. The molecule has 1 aromatic heterocycles. The van der Waals surface area contributed by atoms with Crippen LogP contribution in [0.15, 0.2) is 60.8 Å². The molecular weight excluding hydrogens is 619 g/mol. The van der Waals surface area contributed by atoms with E-state index in [1.807, 2.05) is 38.1 Å². The van der Waals surface area contributed by atoms with E-state index in [-0.39, 0.29) is 5.91 Å². The number of hydrogen-bond donors (Lipinski definition) is 1. The number of carbonyl (C=O) groups is 2. The van der Waals surface area contributed by atoms with E-state index in [2.05, 4.69) is 22.4 Å². The molecule has 0 fully saturated rings. The Hall–Kier alpha value is -2.93. The van der Waals surface area contributed by atoms with E-state index < -0.39 is 0 Å². The number of pyridine rings is 1. The van der Waals surface area contributed by atoms with Gasteiger partial charge in [-0.25, -0.2) is 5.01 Å². The van der Waals surface area contributed by atoms with Crippen molar-refractivity contribution in [1.29, 1.82) is 0 Å². The smallest absolute Gasteiger partial charge is 0.245 e. The van der Waals surface area contributed by atoms with Crippen LogP contribution in [0.2, 0.25) is 3.98 Å². The molecule has 2 amide bonds. The van der Waals surface area contributed by atoms with Gasteiger partial charge in [0.05, 0.1) is 5.69 Å². The third-order valence-corrected chi connectivity index (χ3v) is 6.06. The number of hydrogen-bond acceptors (Lipinski definition) is 4. The number of terminal acetylenes is 1. The maximum absolute atomic E-state index is 11.4. The van der Waals surface area contributed by atoms with Gasteiger partial charge in [-0.2, -0.15) is 0 Å². The van der Waals surface area contributed by atoms with Gasteiger partial charge in [0.2, 0.25) is 12.3 Å². The van der Waals surface area contributed by atoms with Crippen molar-refractivity contribution >= 4 is 54.7 Å². The molecule has 2 aromatic carbocycles. The number of fused-ring (bicyclic) bond motifs is 1. The van der Waals surface area contributed by atoms with Crippen LogP contribution < -0.4 is 15.2 Å². The Labute approximate surface area is 218 Å². The molecule has 34 heavy (non-hydrogen) atoms. The van der Waals surface area contributed by atoms with Gasteiger partial charge in [0.1, 0.15) is 0 Å². The van der Waals surface area contributed by atoms with Crippen molar-refractivity contribution in [3.05, 3.63) is 66.4 Å². The van der Waals surface area contributed by atoms with Crippen LogP contribution in [-0.4, -0.2) is 49.7 Å². The molecule has 0 aliphatic rings. The molecule has 0 aliphatic carbocycles. The van der Waals surface area contributed by atoms with E-state index in [9.17, 15) is 9.59 Å². The van der Waals surface area contributed by atoms with Crippen LogP contribution in [0.25, 0.3) is 10.9 Å². The van der Waals surface area contributed by atoms with Crippen LogP contribution in [0.4, 0.5) is 5.69 Å². The summed E-state index contributed by atoms with van der Waals surface area (Å²) in [4.78, 5) is 26.1. The van der Waals surface area contributed by atoms with E-state index in [0.717, 1.165) is 61.0 Å². The van der Waals surface area contributed by atoms with Gasteiger partial charge in [-0.1, -0.05) is 39.0 Å². The summed E-state index contributed by atoms with van der Waals surface area (Å²) in [5.74, 6) is 3.40. The number of benzene rings is 2. The number of anilines is 1. The summed E-state index contributed by atoms with van der Waals surface area (Å²) in [6, 6.07) is 17.0. The minimum atomic E-state index is -0.150. The summed E-state index contributed by atoms with van der Waals surface area (Å²) >= 11 is 1.05. The van der Waals surface area contributed by atoms with Gasteiger partial charge < -0.3 is 0 Å². The van der Waals surface area contributed by atoms with Gasteiger partial charge in [0.25, 0.3) is 0 Å². The summed E-state index contributed by atoms with van der Waals surface area (Å²) in [6.45, 7) is 6.52. The largest absolute Gasteiger partial charge is 0.277 e. The van der Waals surface area contributed by atoms with Crippen molar-refractivity contribution in [1.82, 2.24) is 10.4 Å². The second-order valence-electron chi connectivity index (χ2n) is 6.66. The average molecular weight is 651 g/mol. The predicted octanol–water partition coefficient (Wildman–Crippen LogP) is 4.88. The van der Waals surface area contributed by atoms with Gasteiger partial charge in [0, 0.05) is 6.42 Å². The molecule has 3 aromatic rings. The maximum Gasteiger partial charge on any atom is 0.245 e. The van der Waals surface area contributed by atoms with Crippen molar-refractivity contribution in [3.63, 3.8) is 0 Å². The number of hydrazine groups is 1. The molecule has 3 rings (SSSR count). The molecule has 0 saturated carbocycles. The van der Waals surface area contributed by atoms with Gasteiger partial charge in [0.15, 0.2) is 0 Å². The van der Waals surface area contributed by atoms with Crippen LogP contribution in [0, 0.1) is 12.3 Å². The van der Waals surface area contributed by atoms with Gasteiger partial charge in [-0.05, 0) is 12.1 Å². The molecule has 0 radical (unpaired) electrons. The zero-order valence-electron chi connectivity index (χ0n) is 20.2. The van der Waals surface area contributed by atoms with Crippen LogP contribution in [0.1, 0.15) is 39.2 Å². The van der Waals surface area contributed by atoms with E-state index in [1.54, 1.807) is 37.4 Å². The number of amides is 2. The SMILES string of the molecule is C#CCc1ccc(OCC[CH2][Tl])c2ncccc12.CC.CCC(=O)N(NC=O)c1ccccc1. The Morgan fingerprint density at radius 3 is 2.53 bits per heavy atom. The molecule has 0 unspecified atom stereocenters. The average Bonchev–Trinajstić information content (AvgIpc) is 2.90. The Bertz CT molecular complexity index is 1050. The minimum Gasteiger partial charge on any atom is -0.277 e. The molecule has 0 spiro atoms. The quantitative estimate of drug-likeness (QED) is 0.118. The zero-order chi connectivity index (χ0) is 25.2. The first-order valence-corrected chi connectivity index (χ1v) is 14.5. The minimum absolute atomic E-state index is 0.150. The van der Waals surface area contributed by atoms with Crippen molar-refractivity contribution in [3.8, 4) is 18.1 Å². The van der Waals surface area contributed by atoms with Crippen LogP contribution in [0.5, 0.6) is 5.75 Å². The first-order valence-electron chi connectivity index (χ1n) is 11.4. The Morgan fingerprint density at radius 1 is 1.18 bits per heavy atom. The van der Waals surface area contributed by atoms with E-state index in [0.29, 0.717) is 24.9 Å². The number of para-hydroxylation sites is 1. The monoisotopic (exact) mass is 651 g/mol. The van der Waals surface area contributed by atoms with E-state index in [1.165, 1.54) is 8.99 Å². The van der Waals surface area contributed by atoms with E-state index >= 15 is 0 Å². The van der Waals surface area contributed by atoms with Crippen molar-refractivity contribution in [2.45, 2.75) is 44.0 Å². The number of aromatic nitrogens is 1. The fourth-order valence-corrected chi connectivity index (χ4v) is 3.58. The number of rotatable bonds is 9. The third kappa shape index (κ3) is 9.14. The Kier molecular flexibility index (Phi) is 15.0. The first kappa shape index (κ1) is 29.1. The first-order chi connectivity index (χ1) is 16.7. The summed E-state index contributed by atoms with van der Waals surface area (Å²) in [7, 11) is 0. The number of carbonyl (C=O) groups excluding carboxylic acids is 2. The molecule has 7 heteroatoms. The molecule has 176 valence electrons. The molecule has 0 aliphatic heterocycles. The Morgan fingerprint density at radius 2 is 1.91 bits per heavy atom.